The molecule has 92 valence electrons. The molecule has 0 bridgehead atoms. The molecular formula is C9H15BrNO2S3+. The molecule has 2 aliphatic heterocycles. The van der Waals surface area contributed by atoms with E-state index < -0.39 is 9.84 Å². The zero-order chi connectivity index (χ0) is 11.9. The Morgan fingerprint density at radius 1 is 1.38 bits per heavy atom. The predicted octanol–water partition coefficient (Wildman–Crippen LogP) is 1.76. The lowest BCUT2D eigenvalue weighted by atomic mass is 10.4. The van der Waals surface area contributed by atoms with Crippen molar-refractivity contribution in [1.82, 2.24) is 0 Å². The SMILES string of the molecule is CC[N+](CC)=C1S[C@@H]2[C@H](CS(=O)(=O)[C@@H]2Br)S1. The van der Waals surface area contributed by atoms with Gasteiger partial charge in [0.2, 0.25) is 0 Å². The summed E-state index contributed by atoms with van der Waals surface area (Å²) in [6, 6.07) is 0. The van der Waals surface area contributed by atoms with Crippen LogP contribution in [0, 0.1) is 0 Å². The first kappa shape index (κ1) is 13.2. The molecule has 0 N–H and O–H groups in total. The first-order valence-electron chi connectivity index (χ1n) is 5.30. The van der Waals surface area contributed by atoms with E-state index in [2.05, 4.69) is 34.4 Å². The van der Waals surface area contributed by atoms with E-state index in [1.807, 2.05) is 0 Å². The second kappa shape index (κ2) is 4.82. The van der Waals surface area contributed by atoms with Crippen molar-refractivity contribution in [1.29, 1.82) is 0 Å². The lowest BCUT2D eigenvalue weighted by Gasteiger charge is -2.06. The van der Waals surface area contributed by atoms with Crippen LogP contribution in [0.3, 0.4) is 0 Å². The van der Waals surface area contributed by atoms with E-state index in [1.165, 1.54) is 4.38 Å². The second-order valence-electron chi connectivity index (χ2n) is 3.86. The van der Waals surface area contributed by atoms with Gasteiger partial charge in [-0.25, -0.2) is 13.0 Å². The van der Waals surface area contributed by atoms with E-state index in [0.717, 1.165) is 13.1 Å². The van der Waals surface area contributed by atoms with Crippen molar-refractivity contribution in [3.8, 4) is 0 Å². The molecule has 16 heavy (non-hydrogen) atoms. The molecule has 2 fully saturated rings. The van der Waals surface area contributed by atoms with Gasteiger partial charge in [0, 0.05) is 5.25 Å². The molecule has 3 nitrogen and oxygen atoms in total. The number of halogens is 1. The topological polar surface area (TPSA) is 37.1 Å². The third-order valence-corrected chi connectivity index (χ3v) is 11.0. The molecule has 2 heterocycles. The van der Waals surface area contributed by atoms with Crippen molar-refractivity contribution in [2.24, 2.45) is 0 Å². The molecule has 3 atom stereocenters. The highest BCUT2D eigenvalue weighted by molar-refractivity contribution is 9.11. The molecule has 2 saturated heterocycles. The van der Waals surface area contributed by atoms with Crippen LogP contribution in [0.4, 0.5) is 0 Å². The smallest absolute Gasteiger partial charge is 0.228 e. The summed E-state index contributed by atoms with van der Waals surface area (Å²) in [5.41, 5.74) is 0. The molecule has 2 aliphatic rings. The van der Waals surface area contributed by atoms with Gasteiger partial charge in [0.05, 0.1) is 11.0 Å². The fourth-order valence-corrected chi connectivity index (χ4v) is 9.67. The zero-order valence-electron chi connectivity index (χ0n) is 9.22. The maximum atomic E-state index is 11.7. The first-order valence-corrected chi connectivity index (χ1v) is 9.69. The minimum Gasteiger partial charge on any atom is -0.228 e. The van der Waals surface area contributed by atoms with E-state index in [1.54, 1.807) is 23.5 Å². The minimum atomic E-state index is -2.90. The molecular weight excluding hydrogens is 330 g/mol. The van der Waals surface area contributed by atoms with Gasteiger partial charge in [-0.2, -0.15) is 0 Å². The molecule has 0 unspecified atom stereocenters. The monoisotopic (exact) mass is 344 g/mol. The number of thioether (sulfide) groups is 2. The second-order valence-corrected chi connectivity index (χ2v) is 10.3. The molecule has 0 radical (unpaired) electrons. The zero-order valence-corrected chi connectivity index (χ0v) is 13.3. The molecule has 0 saturated carbocycles. The van der Waals surface area contributed by atoms with Crippen molar-refractivity contribution < 1.29 is 13.0 Å². The average Bonchev–Trinajstić information content (AvgIpc) is 2.69. The summed E-state index contributed by atoms with van der Waals surface area (Å²) in [7, 11) is -2.90. The van der Waals surface area contributed by atoms with Gasteiger partial charge in [0.15, 0.2) is 9.84 Å². The number of sulfone groups is 1. The summed E-state index contributed by atoms with van der Waals surface area (Å²) in [4.78, 5) is 0. The van der Waals surface area contributed by atoms with Crippen LogP contribution in [0.2, 0.25) is 0 Å². The Kier molecular flexibility index (Phi) is 3.99. The first-order chi connectivity index (χ1) is 7.49. The average molecular weight is 345 g/mol. The summed E-state index contributed by atoms with van der Waals surface area (Å²) in [6.45, 7) is 6.25. The van der Waals surface area contributed by atoms with Crippen molar-refractivity contribution in [2.45, 2.75) is 28.5 Å². The summed E-state index contributed by atoms with van der Waals surface area (Å²) in [5, 5.41) is 0.417. The molecule has 0 aromatic heterocycles. The van der Waals surface area contributed by atoms with Crippen LogP contribution >= 0.6 is 39.5 Å². The van der Waals surface area contributed by atoms with Gasteiger partial charge in [-0.15, -0.1) is 0 Å². The normalized spacial score (nSPS) is 36.4. The van der Waals surface area contributed by atoms with E-state index >= 15 is 0 Å². The van der Waals surface area contributed by atoms with Gasteiger partial charge in [-0.05, 0) is 37.4 Å². The number of nitrogens with zero attached hydrogens (tertiary/aromatic N) is 1. The Labute approximate surface area is 113 Å². The molecule has 0 amide bonds. The van der Waals surface area contributed by atoms with Gasteiger partial charge in [0.1, 0.15) is 17.2 Å². The quantitative estimate of drug-likeness (QED) is 0.565. The minimum absolute atomic E-state index is 0.186. The van der Waals surface area contributed by atoms with Crippen molar-refractivity contribution >= 4 is 53.7 Å². The number of hydrogen-bond acceptors (Lipinski definition) is 4. The molecule has 2 rings (SSSR count). The van der Waals surface area contributed by atoms with Gasteiger partial charge < -0.3 is 0 Å². The van der Waals surface area contributed by atoms with Gasteiger partial charge in [-0.3, -0.25) is 0 Å². The molecule has 0 aromatic rings. The Balaban J connectivity index is 2.22. The van der Waals surface area contributed by atoms with Gasteiger partial charge in [0.25, 0.3) is 4.38 Å². The summed E-state index contributed by atoms with van der Waals surface area (Å²) in [5.74, 6) is 0.315. The Morgan fingerprint density at radius 3 is 2.50 bits per heavy atom. The lowest BCUT2D eigenvalue weighted by Crippen LogP contribution is -2.19. The summed E-state index contributed by atoms with van der Waals surface area (Å²) < 4.78 is 26.6. The van der Waals surface area contributed by atoms with E-state index in [9.17, 15) is 8.42 Å². The van der Waals surface area contributed by atoms with Crippen LogP contribution in [-0.2, 0) is 9.84 Å². The standard InChI is InChI=1S/C9H15BrNO2S3/c1-3-11(4-2)9-14-6-5-16(12,13)8(10)7(6)15-9/h6-8H,3-5H2,1-2H3/q+1/t6-,7+,8-/m0/s1. The maximum absolute atomic E-state index is 11.7. The van der Waals surface area contributed by atoms with Crippen molar-refractivity contribution in [2.75, 3.05) is 18.8 Å². The molecule has 7 heteroatoms. The third-order valence-electron chi connectivity index (χ3n) is 2.88. The highest BCUT2D eigenvalue weighted by Gasteiger charge is 2.53. The Bertz CT molecular complexity index is 414. The van der Waals surface area contributed by atoms with Crippen molar-refractivity contribution in [3.05, 3.63) is 0 Å². The van der Waals surface area contributed by atoms with E-state index in [0.29, 0.717) is 5.75 Å². The predicted molar refractivity (Wildman–Crippen MR) is 75.6 cm³/mol. The number of hydrogen-bond donors (Lipinski definition) is 0. The highest BCUT2D eigenvalue weighted by Crippen LogP contribution is 2.49. The van der Waals surface area contributed by atoms with Crippen LogP contribution in [0.25, 0.3) is 0 Å². The number of fused-ring (bicyclic) bond motifs is 1. The third kappa shape index (κ3) is 2.20. The molecule has 0 aliphatic carbocycles. The van der Waals surface area contributed by atoms with Crippen LogP contribution in [0.15, 0.2) is 0 Å². The summed E-state index contributed by atoms with van der Waals surface area (Å²) >= 11 is 6.80. The van der Waals surface area contributed by atoms with Gasteiger partial charge in [-0.1, -0.05) is 15.9 Å². The van der Waals surface area contributed by atoms with Crippen molar-refractivity contribution in [3.63, 3.8) is 0 Å². The van der Waals surface area contributed by atoms with Crippen LogP contribution in [-0.4, -0.2) is 50.9 Å². The number of rotatable bonds is 2. The van der Waals surface area contributed by atoms with Crippen LogP contribution in [0.1, 0.15) is 13.8 Å². The van der Waals surface area contributed by atoms with E-state index in [-0.39, 0.29) is 14.7 Å². The fraction of sp³-hybridized carbons (Fsp3) is 0.889. The number of alkyl halides is 1. The summed E-state index contributed by atoms with van der Waals surface area (Å²) in [6.07, 6.45) is 0. The Hall–Kier alpha value is 0.800. The van der Waals surface area contributed by atoms with Crippen LogP contribution < -0.4 is 0 Å². The maximum Gasteiger partial charge on any atom is 0.270 e. The fourth-order valence-electron chi connectivity index (χ4n) is 1.92. The lowest BCUT2D eigenvalue weighted by molar-refractivity contribution is -0.515. The van der Waals surface area contributed by atoms with E-state index in [4.69, 9.17) is 0 Å². The van der Waals surface area contributed by atoms with Gasteiger partial charge >= 0.3 is 0 Å². The van der Waals surface area contributed by atoms with Crippen LogP contribution in [0.5, 0.6) is 0 Å². The molecule has 0 spiro atoms. The molecule has 0 aromatic carbocycles. The largest absolute Gasteiger partial charge is 0.270 e. The highest BCUT2D eigenvalue weighted by atomic mass is 79.9. The Morgan fingerprint density at radius 2 is 2.00 bits per heavy atom.